The summed E-state index contributed by atoms with van der Waals surface area (Å²) < 4.78 is 18.1. The van der Waals surface area contributed by atoms with E-state index in [4.69, 9.17) is 19.3 Å². The molecule has 0 saturated heterocycles. The molecular weight excluding hydrogens is 506 g/mol. The van der Waals surface area contributed by atoms with Crippen LogP contribution in [0.15, 0.2) is 54.7 Å². The molecule has 3 aromatic rings. The molecule has 0 bridgehead atoms. The number of rotatable bonds is 16. The molecule has 0 unspecified atom stereocenters. The normalized spacial score (nSPS) is 11.4. The van der Waals surface area contributed by atoms with Gasteiger partial charge in [0.05, 0.1) is 52.7 Å². The topological polar surface area (TPSA) is 153 Å². The molecule has 206 valence electrons. The highest BCUT2D eigenvalue weighted by Gasteiger charge is 2.09. The summed E-state index contributed by atoms with van der Waals surface area (Å²) in [7, 11) is 1.51. The van der Waals surface area contributed by atoms with Crippen molar-refractivity contribution in [1.29, 1.82) is 0 Å². The molecule has 0 amide bonds. The standard InChI is InChI=1S/C28H31N3O8/c1-37-28-15-21(5-9-27(28)39-19-23-17-31(30-29-23)10-12-38-13-11-32)3-7-25(35)16-24(34)6-2-20-4-8-26(36)22(14-20)18-33/h2-9,14-15,17,32-33,36H,10-13,16,18-19H2,1H3. The van der Waals surface area contributed by atoms with Gasteiger partial charge in [-0.25, -0.2) is 4.68 Å². The zero-order chi connectivity index (χ0) is 28.0. The average Bonchev–Trinajstić information content (AvgIpc) is 3.40. The number of aromatic hydroxyl groups is 1. The molecule has 0 aliphatic rings. The van der Waals surface area contributed by atoms with Crippen molar-refractivity contribution in [2.75, 3.05) is 26.9 Å². The van der Waals surface area contributed by atoms with Gasteiger partial charge in [0.2, 0.25) is 0 Å². The molecule has 11 heteroatoms. The van der Waals surface area contributed by atoms with Gasteiger partial charge in [-0.3, -0.25) is 9.59 Å². The van der Waals surface area contributed by atoms with E-state index in [1.54, 1.807) is 47.3 Å². The lowest BCUT2D eigenvalue weighted by molar-refractivity contribution is -0.121. The number of hydrogen-bond donors (Lipinski definition) is 3. The fourth-order valence-electron chi connectivity index (χ4n) is 3.40. The summed E-state index contributed by atoms with van der Waals surface area (Å²) in [6.45, 7) is 0.998. The van der Waals surface area contributed by atoms with Gasteiger partial charge in [0.25, 0.3) is 0 Å². The Balaban J connectivity index is 1.51. The SMILES string of the molecule is COc1cc(C=CC(=O)CC(=O)C=Cc2ccc(O)c(CO)c2)ccc1OCc1cn(CCOCCO)nn1. The summed E-state index contributed by atoms with van der Waals surface area (Å²) in [5, 5.41) is 35.6. The molecule has 3 N–H and O–H groups in total. The first-order chi connectivity index (χ1) is 18.9. The number of aliphatic hydroxyl groups is 2. The molecule has 0 aliphatic heterocycles. The minimum Gasteiger partial charge on any atom is -0.508 e. The number of carbonyl (C=O) groups is 2. The van der Waals surface area contributed by atoms with Crippen LogP contribution in [0.3, 0.4) is 0 Å². The first-order valence-electron chi connectivity index (χ1n) is 12.1. The molecule has 0 fully saturated rings. The molecule has 0 saturated carbocycles. The maximum Gasteiger partial charge on any atom is 0.163 e. The minimum atomic E-state index is -0.376. The number of carbonyl (C=O) groups excluding carboxylic acids is 2. The predicted octanol–water partition coefficient (Wildman–Crippen LogP) is 2.33. The highest BCUT2D eigenvalue weighted by molar-refractivity contribution is 6.10. The van der Waals surface area contributed by atoms with Crippen LogP contribution in [0.4, 0.5) is 0 Å². The van der Waals surface area contributed by atoms with Gasteiger partial charge in [-0.1, -0.05) is 29.5 Å². The maximum absolute atomic E-state index is 12.3. The number of aliphatic hydroxyl groups excluding tert-OH is 2. The lowest BCUT2D eigenvalue weighted by Gasteiger charge is -2.10. The smallest absolute Gasteiger partial charge is 0.163 e. The third-order valence-electron chi connectivity index (χ3n) is 5.40. The van der Waals surface area contributed by atoms with Crippen LogP contribution in [0.5, 0.6) is 17.2 Å². The molecular formula is C28H31N3O8. The second-order valence-electron chi connectivity index (χ2n) is 8.33. The van der Waals surface area contributed by atoms with E-state index in [2.05, 4.69) is 10.3 Å². The highest BCUT2D eigenvalue weighted by Crippen LogP contribution is 2.29. The number of nitrogens with zero attached hydrogens (tertiary/aromatic N) is 3. The molecule has 3 rings (SSSR count). The van der Waals surface area contributed by atoms with Gasteiger partial charge in [-0.2, -0.15) is 0 Å². The highest BCUT2D eigenvalue weighted by atomic mass is 16.5. The van der Waals surface area contributed by atoms with Crippen LogP contribution in [-0.4, -0.2) is 68.8 Å². The van der Waals surface area contributed by atoms with E-state index in [0.717, 1.165) is 0 Å². The quantitative estimate of drug-likeness (QED) is 0.141. The number of ether oxygens (including phenoxy) is 3. The zero-order valence-corrected chi connectivity index (χ0v) is 21.5. The first kappa shape index (κ1) is 29.2. The Labute approximate surface area is 225 Å². The van der Waals surface area contributed by atoms with Crippen molar-refractivity contribution in [3.05, 3.63) is 77.1 Å². The number of hydrogen-bond acceptors (Lipinski definition) is 10. The summed E-state index contributed by atoms with van der Waals surface area (Å²) in [6, 6.07) is 9.76. The Morgan fingerprint density at radius 3 is 2.38 bits per heavy atom. The molecule has 0 atom stereocenters. The van der Waals surface area contributed by atoms with Crippen LogP contribution in [-0.2, 0) is 34.1 Å². The number of benzene rings is 2. The molecule has 0 spiro atoms. The summed E-state index contributed by atoms with van der Waals surface area (Å²) in [5.41, 5.74) is 2.27. The van der Waals surface area contributed by atoms with Crippen molar-refractivity contribution in [3.8, 4) is 17.2 Å². The number of allylic oxidation sites excluding steroid dienone is 2. The number of ketones is 2. The van der Waals surface area contributed by atoms with Crippen LogP contribution >= 0.6 is 0 Å². The average molecular weight is 538 g/mol. The molecule has 2 aromatic carbocycles. The van der Waals surface area contributed by atoms with Crippen molar-refractivity contribution in [2.45, 2.75) is 26.2 Å². The Morgan fingerprint density at radius 1 is 0.974 bits per heavy atom. The van der Waals surface area contributed by atoms with Crippen LogP contribution in [0, 0.1) is 0 Å². The van der Waals surface area contributed by atoms with Crippen LogP contribution in [0.1, 0.15) is 28.8 Å². The Morgan fingerprint density at radius 2 is 1.69 bits per heavy atom. The zero-order valence-electron chi connectivity index (χ0n) is 21.5. The molecule has 1 aromatic heterocycles. The largest absolute Gasteiger partial charge is 0.508 e. The van der Waals surface area contributed by atoms with E-state index in [1.165, 1.54) is 31.4 Å². The van der Waals surface area contributed by atoms with Crippen LogP contribution in [0.25, 0.3) is 12.2 Å². The summed E-state index contributed by atoms with van der Waals surface area (Å²) >= 11 is 0. The fraction of sp³-hybridized carbons (Fsp3) is 0.286. The van der Waals surface area contributed by atoms with Crippen molar-refractivity contribution in [2.24, 2.45) is 0 Å². The lowest BCUT2D eigenvalue weighted by Crippen LogP contribution is -2.08. The van der Waals surface area contributed by atoms with E-state index in [-0.39, 0.29) is 50.2 Å². The fourth-order valence-corrected chi connectivity index (χ4v) is 3.40. The van der Waals surface area contributed by atoms with Gasteiger partial charge in [0.15, 0.2) is 23.1 Å². The Hall–Kier alpha value is -4.32. The van der Waals surface area contributed by atoms with Gasteiger partial charge in [-0.15, -0.1) is 5.10 Å². The van der Waals surface area contributed by atoms with Gasteiger partial charge >= 0.3 is 0 Å². The number of phenols is 1. The Bertz CT molecular complexity index is 1320. The second-order valence-corrected chi connectivity index (χ2v) is 8.33. The van der Waals surface area contributed by atoms with Gasteiger partial charge in [0, 0.05) is 5.56 Å². The van der Waals surface area contributed by atoms with Crippen LogP contribution in [0.2, 0.25) is 0 Å². The van der Waals surface area contributed by atoms with E-state index in [1.807, 2.05) is 0 Å². The van der Waals surface area contributed by atoms with Crippen molar-refractivity contribution < 1.29 is 39.1 Å². The molecule has 11 nitrogen and oxygen atoms in total. The van der Waals surface area contributed by atoms with Crippen molar-refractivity contribution in [3.63, 3.8) is 0 Å². The monoisotopic (exact) mass is 537 g/mol. The molecule has 0 aliphatic carbocycles. The van der Waals surface area contributed by atoms with Gasteiger partial charge in [-0.05, 0) is 47.5 Å². The van der Waals surface area contributed by atoms with E-state index < -0.39 is 0 Å². The van der Waals surface area contributed by atoms with Gasteiger partial charge in [0.1, 0.15) is 18.1 Å². The molecule has 39 heavy (non-hydrogen) atoms. The third-order valence-corrected chi connectivity index (χ3v) is 5.40. The maximum atomic E-state index is 12.3. The molecule has 0 radical (unpaired) electrons. The first-order valence-corrected chi connectivity index (χ1v) is 12.1. The van der Waals surface area contributed by atoms with Crippen molar-refractivity contribution >= 4 is 23.7 Å². The summed E-state index contributed by atoms with van der Waals surface area (Å²) in [6.07, 6.45) is 7.17. The lowest BCUT2D eigenvalue weighted by atomic mass is 10.1. The van der Waals surface area contributed by atoms with Crippen LogP contribution < -0.4 is 9.47 Å². The van der Waals surface area contributed by atoms with E-state index in [9.17, 15) is 19.8 Å². The minimum absolute atomic E-state index is 0.0282. The summed E-state index contributed by atoms with van der Waals surface area (Å²) in [5.74, 6) is 0.180. The van der Waals surface area contributed by atoms with Crippen molar-refractivity contribution in [1.82, 2.24) is 15.0 Å². The van der Waals surface area contributed by atoms with E-state index >= 15 is 0 Å². The summed E-state index contributed by atoms with van der Waals surface area (Å²) in [4.78, 5) is 24.4. The van der Waals surface area contributed by atoms with Gasteiger partial charge < -0.3 is 29.5 Å². The predicted molar refractivity (Wildman–Crippen MR) is 142 cm³/mol. The number of methoxy groups -OCH3 is 1. The third kappa shape index (κ3) is 9.49. The second kappa shape index (κ2) is 15.2. The number of aromatic nitrogens is 3. The van der Waals surface area contributed by atoms with E-state index in [0.29, 0.717) is 47.0 Å². The Kier molecular flexibility index (Phi) is 11.4. The molecule has 1 heterocycles.